The van der Waals surface area contributed by atoms with Crippen molar-refractivity contribution < 1.29 is 14.2 Å². The molecule has 2 heterocycles. The zero-order valence-corrected chi connectivity index (χ0v) is 17.5. The molecule has 5 heteroatoms. The first kappa shape index (κ1) is 20.5. The van der Waals surface area contributed by atoms with E-state index in [-0.39, 0.29) is 5.60 Å². The fourth-order valence-electron chi connectivity index (χ4n) is 3.83. The molecular weight excluding hydrogens is 328 g/mol. The maximum Gasteiger partial charge on any atom is 0.0629 e. The number of likely N-dealkylation sites (tertiary alicyclic amines) is 1. The Morgan fingerprint density at radius 3 is 2.46 bits per heavy atom. The van der Waals surface area contributed by atoms with Gasteiger partial charge in [0.25, 0.3) is 0 Å². The number of ether oxygens (including phenoxy) is 3. The average Bonchev–Trinajstić information content (AvgIpc) is 3.32. The molecule has 1 aliphatic carbocycles. The lowest BCUT2D eigenvalue weighted by molar-refractivity contribution is -0.0658. The molecule has 2 unspecified atom stereocenters. The monoisotopic (exact) mass is 368 g/mol. The van der Waals surface area contributed by atoms with E-state index in [0.29, 0.717) is 17.6 Å². The zero-order chi connectivity index (χ0) is 18.6. The van der Waals surface area contributed by atoms with Crippen LogP contribution in [0.2, 0.25) is 0 Å². The standard InChI is InChI=1S/C21H40N2O3/c1-18(5-9-23-10-6-19(23)15-26-20(2,3)4)25-17-21(7-8-21)16-22-11-13-24-14-12-22/h18-19H,5-17H2,1-4H3. The van der Waals surface area contributed by atoms with Crippen molar-refractivity contribution in [3.63, 3.8) is 0 Å². The lowest BCUT2D eigenvalue weighted by Crippen LogP contribution is -2.51. The third-order valence-corrected chi connectivity index (χ3v) is 6.09. The first-order chi connectivity index (χ1) is 12.4. The van der Waals surface area contributed by atoms with Gasteiger partial charge in [-0.15, -0.1) is 0 Å². The van der Waals surface area contributed by atoms with E-state index in [2.05, 4.69) is 37.5 Å². The third kappa shape index (κ3) is 6.45. The second-order valence-electron chi connectivity index (χ2n) is 9.70. The molecule has 2 aliphatic heterocycles. The Bertz CT molecular complexity index is 427. The SMILES string of the molecule is CC(CCN1CCC1COC(C)(C)C)OCC1(CN2CCOCC2)CC1. The van der Waals surface area contributed by atoms with E-state index in [9.17, 15) is 0 Å². The molecule has 0 amide bonds. The largest absolute Gasteiger partial charge is 0.379 e. The summed E-state index contributed by atoms with van der Waals surface area (Å²) >= 11 is 0. The molecule has 0 aromatic rings. The number of nitrogens with zero attached hydrogens (tertiary/aromatic N) is 2. The summed E-state index contributed by atoms with van der Waals surface area (Å²) in [4.78, 5) is 5.12. The highest BCUT2D eigenvalue weighted by molar-refractivity contribution is 4.96. The quantitative estimate of drug-likeness (QED) is 0.592. The van der Waals surface area contributed by atoms with Gasteiger partial charge in [-0.05, 0) is 53.4 Å². The van der Waals surface area contributed by atoms with Crippen LogP contribution in [0.5, 0.6) is 0 Å². The summed E-state index contributed by atoms with van der Waals surface area (Å²) in [5.74, 6) is 0. The summed E-state index contributed by atoms with van der Waals surface area (Å²) in [5.41, 5.74) is 0.405. The molecular formula is C21H40N2O3. The molecule has 1 saturated carbocycles. The first-order valence-electron chi connectivity index (χ1n) is 10.7. The predicted molar refractivity (Wildman–Crippen MR) is 105 cm³/mol. The molecule has 2 saturated heterocycles. The van der Waals surface area contributed by atoms with Crippen LogP contribution in [0, 0.1) is 5.41 Å². The zero-order valence-electron chi connectivity index (χ0n) is 17.5. The number of rotatable bonds is 10. The molecule has 0 radical (unpaired) electrons. The topological polar surface area (TPSA) is 34.2 Å². The molecule has 0 aromatic carbocycles. The summed E-state index contributed by atoms with van der Waals surface area (Å²) in [6, 6.07) is 0.609. The minimum atomic E-state index is -0.0310. The van der Waals surface area contributed by atoms with Gasteiger partial charge in [-0.3, -0.25) is 9.80 Å². The van der Waals surface area contributed by atoms with Gasteiger partial charge in [0, 0.05) is 44.2 Å². The summed E-state index contributed by atoms with van der Waals surface area (Å²) in [7, 11) is 0. The fraction of sp³-hybridized carbons (Fsp3) is 1.00. The normalized spacial score (nSPS) is 27.9. The smallest absolute Gasteiger partial charge is 0.0629 e. The average molecular weight is 369 g/mol. The van der Waals surface area contributed by atoms with Crippen LogP contribution in [0.25, 0.3) is 0 Å². The minimum Gasteiger partial charge on any atom is -0.379 e. The van der Waals surface area contributed by atoms with Crippen molar-refractivity contribution in [1.82, 2.24) is 9.80 Å². The Labute approximate surface area is 160 Å². The maximum absolute atomic E-state index is 6.26. The van der Waals surface area contributed by atoms with E-state index in [4.69, 9.17) is 14.2 Å². The molecule has 0 bridgehead atoms. The number of morpholine rings is 1. The Hall–Kier alpha value is -0.200. The van der Waals surface area contributed by atoms with Gasteiger partial charge in [-0.2, -0.15) is 0 Å². The highest BCUT2D eigenvalue weighted by atomic mass is 16.5. The second kappa shape index (κ2) is 8.87. The molecule has 2 atom stereocenters. The molecule has 152 valence electrons. The molecule has 26 heavy (non-hydrogen) atoms. The van der Waals surface area contributed by atoms with Crippen molar-refractivity contribution in [3.05, 3.63) is 0 Å². The van der Waals surface area contributed by atoms with Crippen molar-refractivity contribution in [2.24, 2.45) is 5.41 Å². The van der Waals surface area contributed by atoms with Gasteiger partial charge in [0.15, 0.2) is 0 Å². The molecule has 0 spiro atoms. The van der Waals surface area contributed by atoms with Gasteiger partial charge < -0.3 is 14.2 Å². The lowest BCUT2D eigenvalue weighted by atomic mass is 10.0. The van der Waals surface area contributed by atoms with Crippen LogP contribution in [0.3, 0.4) is 0 Å². The van der Waals surface area contributed by atoms with E-state index in [1.54, 1.807) is 0 Å². The van der Waals surface area contributed by atoms with Crippen molar-refractivity contribution >= 4 is 0 Å². The molecule has 3 rings (SSSR count). The van der Waals surface area contributed by atoms with Gasteiger partial charge in [0.05, 0.1) is 38.1 Å². The second-order valence-corrected chi connectivity index (χ2v) is 9.70. The van der Waals surface area contributed by atoms with Crippen molar-refractivity contribution in [1.29, 1.82) is 0 Å². The van der Waals surface area contributed by atoms with E-state index in [1.807, 2.05) is 0 Å². The summed E-state index contributed by atoms with van der Waals surface area (Å²) in [5, 5.41) is 0. The summed E-state index contributed by atoms with van der Waals surface area (Å²) < 4.78 is 17.7. The van der Waals surface area contributed by atoms with Crippen LogP contribution in [0.15, 0.2) is 0 Å². The maximum atomic E-state index is 6.26. The van der Waals surface area contributed by atoms with Crippen LogP contribution >= 0.6 is 0 Å². The van der Waals surface area contributed by atoms with E-state index >= 15 is 0 Å². The van der Waals surface area contributed by atoms with Crippen LogP contribution in [-0.2, 0) is 14.2 Å². The molecule has 0 aromatic heterocycles. The van der Waals surface area contributed by atoms with Crippen LogP contribution in [0.4, 0.5) is 0 Å². The highest BCUT2D eigenvalue weighted by Crippen LogP contribution is 2.46. The van der Waals surface area contributed by atoms with Gasteiger partial charge in [-0.1, -0.05) is 0 Å². The van der Waals surface area contributed by atoms with Gasteiger partial charge in [0.1, 0.15) is 0 Å². The Morgan fingerprint density at radius 2 is 1.88 bits per heavy atom. The van der Waals surface area contributed by atoms with E-state index < -0.39 is 0 Å². The fourth-order valence-corrected chi connectivity index (χ4v) is 3.83. The highest BCUT2D eigenvalue weighted by Gasteiger charge is 2.44. The van der Waals surface area contributed by atoms with E-state index in [1.165, 1.54) is 32.4 Å². The van der Waals surface area contributed by atoms with Crippen LogP contribution in [-0.4, -0.2) is 86.7 Å². The Morgan fingerprint density at radius 1 is 1.15 bits per heavy atom. The third-order valence-electron chi connectivity index (χ3n) is 6.09. The molecule has 0 N–H and O–H groups in total. The molecule has 3 aliphatic rings. The van der Waals surface area contributed by atoms with Gasteiger partial charge in [-0.25, -0.2) is 0 Å². The van der Waals surface area contributed by atoms with Crippen molar-refractivity contribution in [2.45, 2.75) is 71.1 Å². The van der Waals surface area contributed by atoms with Crippen molar-refractivity contribution in [2.75, 3.05) is 59.2 Å². The summed E-state index contributed by atoms with van der Waals surface area (Å²) in [6.45, 7) is 17.9. The number of hydrogen-bond acceptors (Lipinski definition) is 5. The van der Waals surface area contributed by atoms with Gasteiger partial charge in [0.2, 0.25) is 0 Å². The molecule has 3 fully saturated rings. The Kier molecular flexibility index (Phi) is 7.00. The first-order valence-corrected chi connectivity index (χ1v) is 10.7. The minimum absolute atomic E-state index is 0.0310. The van der Waals surface area contributed by atoms with Crippen molar-refractivity contribution in [3.8, 4) is 0 Å². The van der Waals surface area contributed by atoms with Crippen LogP contribution in [0.1, 0.15) is 53.4 Å². The lowest BCUT2D eigenvalue weighted by Gasteiger charge is -2.42. The molecule has 5 nitrogen and oxygen atoms in total. The number of hydrogen-bond donors (Lipinski definition) is 0. The Balaban J connectivity index is 1.29. The summed E-state index contributed by atoms with van der Waals surface area (Å²) in [6.07, 6.45) is 5.40. The predicted octanol–water partition coefficient (Wildman–Crippen LogP) is 2.78. The van der Waals surface area contributed by atoms with Gasteiger partial charge >= 0.3 is 0 Å². The van der Waals surface area contributed by atoms with Crippen LogP contribution < -0.4 is 0 Å². The van der Waals surface area contributed by atoms with E-state index in [0.717, 1.165) is 52.5 Å².